The molecule has 0 bridgehead atoms. The molecule has 1 aromatic heterocycles. The number of carbonyl (C=O) groups is 1. The van der Waals surface area contributed by atoms with Crippen molar-refractivity contribution in [3.63, 3.8) is 0 Å². The van der Waals surface area contributed by atoms with Gasteiger partial charge in [-0.1, -0.05) is 24.3 Å². The SMILES string of the molecule is CN1C=CC=CC1=CC=c1ccnc2c1=CC=CC2=O. The van der Waals surface area contributed by atoms with Gasteiger partial charge in [-0.05, 0) is 35.6 Å². The second-order valence-corrected chi connectivity index (χ2v) is 4.62. The Morgan fingerprint density at radius 1 is 1.15 bits per heavy atom. The van der Waals surface area contributed by atoms with E-state index in [-0.39, 0.29) is 5.78 Å². The summed E-state index contributed by atoms with van der Waals surface area (Å²) in [5.41, 5.74) is 1.61. The summed E-state index contributed by atoms with van der Waals surface area (Å²) in [4.78, 5) is 18.0. The summed E-state index contributed by atoms with van der Waals surface area (Å²) in [7, 11) is 2.00. The molecule has 2 heterocycles. The Morgan fingerprint density at radius 3 is 2.90 bits per heavy atom. The van der Waals surface area contributed by atoms with Gasteiger partial charge in [-0.15, -0.1) is 0 Å². The topological polar surface area (TPSA) is 33.2 Å². The Balaban J connectivity index is 2.11. The highest BCUT2D eigenvalue weighted by molar-refractivity contribution is 6.05. The van der Waals surface area contributed by atoms with Crippen LogP contribution in [0.2, 0.25) is 0 Å². The predicted molar refractivity (Wildman–Crippen MR) is 80.0 cm³/mol. The second-order valence-electron chi connectivity index (χ2n) is 4.62. The highest BCUT2D eigenvalue weighted by Crippen LogP contribution is 2.09. The van der Waals surface area contributed by atoms with Crippen molar-refractivity contribution in [2.75, 3.05) is 7.05 Å². The molecule has 2 aliphatic rings. The van der Waals surface area contributed by atoms with Crippen LogP contribution in [0, 0.1) is 0 Å². The Morgan fingerprint density at radius 2 is 2.05 bits per heavy atom. The molecule has 0 saturated carbocycles. The molecular weight excluding hydrogens is 248 g/mol. The summed E-state index contributed by atoms with van der Waals surface area (Å²) in [6.45, 7) is 0. The van der Waals surface area contributed by atoms with Crippen LogP contribution in [0.1, 0.15) is 10.5 Å². The molecule has 20 heavy (non-hydrogen) atoms. The Kier molecular flexibility index (Phi) is 3.17. The van der Waals surface area contributed by atoms with Crippen LogP contribution in [0.15, 0.2) is 60.6 Å². The van der Waals surface area contributed by atoms with Gasteiger partial charge in [-0.3, -0.25) is 9.78 Å². The van der Waals surface area contributed by atoms with Gasteiger partial charge in [0.1, 0.15) is 5.69 Å². The van der Waals surface area contributed by atoms with E-state index in [4.69, 9.17) is 0 Å². The zero-order valence-electron chi connectivity index (χ0n) is 11.2. The van der Waals surface area contributed by atoms with Crippen molar-refractivity contribution in [2.45, 2.75) is 0 Å². The van der Waals surface area contributed by atoms with E-state index in [9.17, 15) is 4.79 Å². The Bertz CT molecular complexity index is 795. The summed E-state index contributed by atoms with van der Waals surface area (Å²) in [5.74, 6) is -0.0389. The van der Waals surface area contributed by atoms with Gasteiger partial charge in [0.15, 0.2) is 0 Å². The number of ketones is 1. The maximum absolute atomic E-state index is 11.8. The largest absolute Gasteiger partial charge is 0.351 e. The number of likely N-dealkylation sites (N-methyl/N-ethyl adjacent to an activating group) is 1. The minimum atomic E-state index is -0.0389. The lowest BCUT2D eigenvalue weighted by Gasteiger charge is -2.17. The summed E-state index contributed by atoms with van der Waals surface area (Å²) in [6.07, 6.45) is 19.0. The lowest BCUT2D eigenvalue weighted by molar-refractivity contribution is 0.104. The molecule has 0 aromatic carbocycles. The summed E-state index contributed by atoms with van der Waals surface area (Å²) >= 11 is 0. The summed E-state index contributed by atoms with van der Waals surface area (Å²) < 4.78 is 0. The highest BCUT2D eigenvalue weighted by Gasteiger charge is 2.08. The van der Waals surface area contributed by atoms with Gasteiger partial charge in [0.25, 0.3) is 0 Å². The van der Waals surface area contributed by atoms with E-state index in [1.807, 2.05) is 60.7 Å². The quantitative estimate of drug-likeness (QED) is 0.764. The first-order valence-electron chi connectivity index (χ1n) is 6.43. The molecule has 0 spiro atoms. The number of pyridine rings is 1. The minimum Gasteiger partial charge on any atom is -0.351 e. The molecule has 0 unspecified atom stereocenters. The first kappa shape index (κ1) is 12.4. The van der Waals surface area contributed by atoms with Crippen molar-refractivity contribution in [2.24, 2.45) is 0 Å². The molecule has 1 aliphatic heterocycles. The molecule has 0 radical (unpaired) electrons. The zero-order valence-corrected chi connectivity index (χ0v) is 11.2. The molecule has 98 valence electrons. The molecule has 1 aliphatic carbocycles. The van der Waals surface area contributed by atoms with Gasteiger partial charge >= 0.3 is 0 Å². The van der Waals surface area contributed by atoms with E-state index >= 15 is 0 Å². The fourth-order valence-electron chi connectivity index (χ4n) is 2.20. The maximum atomic E-state index is 11.8. The van der Waals surface area contributed by atoms with E-state index in [0.717, 1.165) is 16.1 Å². The van der Waals surface area contributed by atoms with Crippen LogP contribution < -0.4 is 10.4 Å². The predicted octanol–water partition coefficient (Wildman–Crippen LogP) is 1.29. The molecule has 3 heteroatoms. The number of nitrogens with zero attached hydrogens (tertiary/aromatic N) is 2. The average molecular weight is 262 g/mol. The van der Waals surface area contributed by atoms with Gasteiger partial charge in [0, 0.05) is 30.4 Å². The van der Waals surface area contributed by atoms with E-state index in [0.29, 0.717) is 5.69 Å². The maximum Gasteiger partial charge on any atom is 0.204 e. The first-order valence-corrected chi connectivity index (χ1v) is 6.43. The smallest absolute Gasteiger partial charge is 0.204 e. The normalized spacial score (nSPS) is 19.4. The lowest BCUT2D eigenvalue weighted by atomic mass is 10.1. The number of hydrogen-bond acceptors (Lipinski definition) is 3. The van der Waals surface area contributed by atoms with Crippen molar-refractivity contribution in [1.82, 2.24) is 9.88 Å². The van der Waals surface area contributed by atoms with Crippen molar-refractivity contribution in [3.8, 4) is 0 Å². The third-order valence-corrected chi connectivity index (χ3v) is 3.30. The monoisotopic (exact) mass is 262 g/mol. The summed E-state index contributed by atoms with van der Waals surface area (Å²) in [6, 6.07) is 1.92. The second kappa shape index (κ2) is 5.13. The first-order chi connectivity index (χ1) is 9.75. The van der Waals surface area contributed by atoms with Crippen LogP contribution in [0.3, 0.4) is 0 Å². The van der Waals surface area contributed by atoms with E-state index in [2.05, 4.69) is 4.98 Å². The molecule has 3 nitrogen and oxygen atoms in total. The lowest BCUT2D eigenvalue weighted by Crippen LogP contribution is -2.32. The van der Waals surface area contributed by atoms with Crippen LogP contribution >= 0.6 is 0 Å². The van der Waals surface area contributed by atoms with Crippen LogP contribution in [-0.4, -0.2) is 22.7 Å². The molecule has 0 N–H and O–H groups in total. The third-order valence-electron chi connectivity index (χ3n) is 3.30. The van der Waals surface area contributed by atoms with Gasteiger partial charge < -0.3 is 4.90 Å². The molecule has 1 aromatic rings. The van der Waals surface area contributed by atoms with Crippen molar-refractivity contribution < 1.29 is 4.79 Å². The molecule has 0 atom stereocenters. The molecular formula is C17H14N2O. The van der Waals surface area contributed by atoms with Crippen molar-refractivity contribution >= 4 is 17.9 Å². The van der Waals surface area contributed by atoms with Gasteiger partial charge in [-0.2, -0.15) is 0 Å². The molecule has 3 rings (SSSR count). The standard InChI is InChI=1S/C17H14N2O/c1-19-12-3-2-5-14(19)9-8-13-10-11-18-17-15(13)6-4-7-16(17)20/h2-12H,1H3. The number of rotatable bonds is 1. The van der Waals surface area contributed by atoms with Gasteiger partial charge in [0.05, 0.1) is 0 Å². The van der Waals surface area contributed by atoms with Gasteiger partial charge in [-0.25, -0.2) is 0 Å². The van der Waals surface area contributed by atoms with E-state index in [1.165, 1.54) is 0 Å². The van der Waals surface area contributed by atoms with Crippen molar-refractivity contribution in [1.29, 1.82) is 0 Å². The van der Waals surface area contributed by atoms with E-state index < -0.39 is 0 Å². The number of allylic oxidation sites excluding steroid dienone is 6. The van der Waals surface area contributed by atoms with Gasteiger partial charge in [0.2, 0.25) is 5.78 Å². The fourth-order valence-corrected chi connectivity index (χ4v) is 2.20. The Labute approximate surface area is 117 Å². The Hall–Kier alpha value is -2.68. The zero-order chi connectivity index (χ0) is 13.9. The van der Waals surface area contributed by atoms with Crippen LogP contribution in [0.5, 0.6) is 0 Å². The third kappa shape index (κ3) is 2.26. The molecule has 0 saturated heterocycles. The average Bonchev–Trinajstić information content (AvgIpc) is 2.47. The number of aromatic nitrogens is 1. The number of carbonyl (C=O) groups excluding carboxylic acids is 1. The highest BCUT2D eigenvalue weighted by atomic mass is 16.1. The molecule has 0 fully saturated rings. The molecule has 0 amide bonds. The van der Waals surface area contributed by atoms with Crippen molar-refractivity contribution in [3.05, 3.63) is 76.7 Å². The van der Waals surface area contributed by atoms with E-state index in [1.54, 1.807) is 18.3 Å². The number of fused-ring (bicyclic) bond motifs is 1. The fraction of sp³-hybridized carbons (Fsp3) is 0.0588. The van der Waals surface area contributed by atoms with Crippen LogP contribution in [0.25, 0.3) is 12.2 Å². The van der Waals surface area contributed by atoms with Crippen LogP contribution in [-0.2, 0) is 0 Å². The minimum absolute atomic E-state index is 0.0389. The van der Waals surface area contributed by atoms with Crippen LogP contribution in [0.4, 0.5) is 0 Å². The summed E-state index contributed by atoms with van der Waals surface area (Å²) in [5, 5.41) is 1.88. The number of hydrogen-bond donors (Lipinski definition) is 0.